The number of benzene rings is 2. The number of fused-ring (bicyclic) bond motifs is 1. The summed E-state index contributed by atoms with van der Waals surface area (Å²) in [5, 5.41) is 17.8. The second kappa shape index (κ2) is 10.7. The minimum absolute atomic E-state index is 0.0891. The van der Waals surface area contributed by atoms with Crippen LogP contribution in [0.5, 0.6) is 17.4 Å². The number of methoxy groups -OCH3 is 2. The fraction of sp³-hybridized carbons (Fsp3) is 0.333. The Bertz CT molecular complexity index is 1430. The van der Waals surface area contributed by atoms with Gasteiger partial charge in [-0.1, -0.05) is 38.6 Å². The van der Waals surface area contributed by atoms with Crippen molar-refractivity contribution in [1.82, 2.24) is 19.7 Å². The number of hydrogen-bond acceptors (Lipinski definition) is 8. The number of anilines is 1. The van der Waals surface area contributed by atoms with Crippen LogP contribution in [-0.2, 0) is 5.41 Å². The molecule has 4 rings (SSSR count). The Morgan fingerprint density at radius 3 is 2.43 bits per heavy atom. The number of nitrogens with zero attached hydrogens (tertiary/aromatic N) is 4. The first-order valence-corrected chi connectivity index (χ1v) is 12.7. The van der Waals surface area contributed by atoms with Crippen molar-refractivity contribution in [3.63, 3.8) is 0 Å². The van der Waals surface area contributed by atoms with Crippen LogP contribution in [0.3, 0.4) is 0 Å². The molecule has 0 fully saturated rings. The molecule has 0 saturated heterocycles. The number of amidine groups is 1. The van der Waals surface area contributed by atoms with Crippen LogP contribution < -0.4 is 19.5 Å². The summed E-state index contributed by atoms with van der Waals surface area (Å²) in [6.07, 6.45) is 1.53. The molecule has 2 aromatic heterocycles. The van der Waals surface area contributed by atoms with E-state index in [0.717, 1.165) is 32.2 Å². The SMILES string of the molecule is COc1cc2ncnc(Sc3cccc(NC(=N)Oc4cc(C(C)(C)C)nn4C(C)C)c3)c2cc1OC. The molecule has 0 atom stereocenters. The third-order valence-corrected chi connectivity index (χ3v) is 6.58. The van der Waals surface area contributed by atoms with E-state index in [1.807, 2.05) is 56.3 Å². The molecule has 37 heavy (non-hydrogen) atoms. The lowest BCUT2D eigenvalue weighted by Gasteiger charge is -2.14. The van der Waals surface area contributed by atoms with Crippen molar-refractivity contribution in [3.8, 4) is 17.4 Å². The van der Waals surface area contributed by atoms with E-state index in [-0.39, 0.29) is 17.5 Å². The van der Waals surface area contributed by atoms with Gasteiger partial charge in [0.1, 0.15) is 11.4 Å². The number of ether oxygens (including phenoxy) is 3. The van der Waals surface area contributed by atoms with E-state index in [2.05, 4.69) is 41.2 Å². The predicted molar refractivity (Wildman–Crippen MR) is 146 cm³/mol. The fourth-order valence-corrected chi connectivity index (χ4v) is 4.57. The smallest absolute Gasteiger partial charge is 0.293 e. The van der Waals surface area contributed by atoms with Crippen molar-refractivity contribution in [2.24, 2.45) is 0 Å². The first-order chi connectivity index (χ1) is 17.6. The van der Waals surface area contributed by atoms with Gasteiger partial charge in [0.05, 0.1) is 31.5 Å². The Morgan fingerprint density at radius 1 is 1.03 bits per heavy atom. The summed E-state index contributed by atoms with van der Waals surface area (Å²) in [5.74, 6) is 1.76. The van der Waals surface area contributed by atoms with Crippen LogP contribution in [0.1, 0.15) is 46.4 Å². The zero-order chi connectivity index (χ0) is 26.7. The summed E-state index contributed by atoms with van der Waals surface area (Å²) in [4.78, 5) is 9.80. The summed E-state index contributed by atoms with van der Waals surface area (Å²) in [7, 11) is 3.20. The van der Waals surface area contributed by atoms with E-state index < -0.39 is 0 Å². The Hall–Kier alpha value is -3.79. The number of hydrogen-bond donors (Lipinski definition) is 2. The molecule has 0 aliphatic rings. The Balaban J connectivity index is 1.53. The van der Waals surface area contributed by atoms with Crippen LogP contribution in [-0.4, -0.2) is 40.0 Å². The van der Waals surface area contributed by atoms with Gasteiger partial charge in [0, 0.05) is 33.5 Å². The van der Waals surface area contributed by atoms with Crippen molar-refractivity contribution >= 4 is 34.4 Å². The maximum atomic E-state index is 8.42. The third kappa shape index (κ3) is 5.96. The average molecular weight is 521 g/mol. The molecule has 0 aliphatic carbocycles. The van der Waals surface area contributed by atoms with Crippen LogP contribution in [0.4, 0.5) is 5.69 Å². The van der Waals surface area contributed by atoms with Crippen LogP contribution in [0.25, 0.3) is 10.9 Å². The molecule has 0 bridgehead atoms. The van der Waals surface area contributed by atoms with E-state index in [9.17, 15) is 0 Å². The van der Waals surface area contributed by atoms with E-state index >= 15 is 0 Å². The van der Waals surface area contributed by atoms with Crippen molar-refractivity contribution in [3.05, 3.63) is 54.5 Å². The summed E-state index contributed by atoms with van der Waals surface area (Å²) in [6, 6.07) is 13.3. The van der Waals surface area contributed by atoms with Gasteiger partial charge in [-0.25, -0.2) is 14.6 Å². The van der Waals surface area contributed by atoms with Gasteiger partial charge < -0.3 is 19.5 Å². The highest BCUT2D eigenvalue weighted by Crippen LogP contribution is 2.37. The number of rotatable bonds is 7. The van der Waals surface area contributed by atoms with Crippen LogP contribution in [0, 0.1) is 5.41 Å². The molecule has 0 saturated carbocycles. The summed E-state index contributed by atoms with van der Waals surface area (Å²) < 4.78 is 18.5. The summed E-state index contributed by atoms with van der Waals surface area (Å²) >= 11 is 1.49. The molecule has 194 valence electrons. The molecule has 4 aromatic rings. The molecule has 0 spiro atoms. The molecule has 10 heteroatoms. The van der Waals surface area contributed by atoms with Crippen LogP contribution in [0.2, 0.25) is 0 Å². The predicted octanol–water partition coefficient (Wildman–Crippen LogP) is 6.30. The molecular formula is C27H32N6O3S. The van der Waals surface area contributed by atoms with Crippen LogP contribution >= 0.6 is 11.8 Å². The molecule has 0 aliphatic heterocycles. The zero-order valence-electron chi connectivity index (χ0n) is 22.1. The Morgan fingerprint density at radius 2 is 1.76 bits per heavy atom. The third-order valence-electron chi connectivity index (χ3n) is 5.58. The van der Waals surface area contributed by atoms with Crippen molar-refractivity contribution in [1.29, 1.82) is 5.41 Å². The average Bonchev–Trinajstić information content (AvgIpc) is 3.28. The highest BCUT2D eigenvalue weighted by molar-refractivity contribution is 7.99. The monoisotopic (exact) mass is 520 g/mol. The molecule has 0 unspecified atom stereocenters. The Kier molecular flexibility index (Phi) is 7.58. The fourth-order valence-electron chi connectivity index (χ4n) is 3.64. The maximum Gasteiger partial charge on any atom is 0.293 e. The van der Waals surface area contributed by atoms with Gasteiger partial charge in [-0.15, -0.1) is 0 Å². The molecule has 0 radical (unpaired) electrons. The van der Waals surface area contributed by atoms with E-state index in [1.165, 1.54) is 18.1 Å². The minimum Gasteiger partial charge on any atom is -0.493 e. The van der Waals surface area contributed by atoms with Crippen LogP contribution in [0.15, 0.2) is 58.7 Å². The largest absolute Gasteiger partial charge is 0.493 e. The molecular weight excluding hydrogens is 488 g/mol. The molecule has 0 amide bonds. The molecule has 2 aromatic carbocycles. The highest BCUT2D eigenvalue weighted by atomic mass is 32.2. The minimum atomic E-state index is -0.125. The lowest BCUT2D eigenvalue weighted by molar-refractivity contribution is 0.355. The quantitative estimate of drug-likeness (QED) is 0.166. The zero-order valence-corrected chi connectivity index (χ0v) is 22.9. The van der Waals surface area contributed by atoms with Crippen molar-refractivity contribution in [2.45, 2.75) is 56.0 Å². The Labute approximate surface area is 221 Å². The maximum absolute atomic E-state index is 8.42. The van der Waals surface area contributed by atoms with Crippen molar-refractivity contribution in [2.75, 3.05) is 19.5 Å². The van der Waals surface area contributed by atoms with Gasteiger partial charge in [0.15, 0.2) is 11.5 Å². The first-order valence-electron chi connectivity index (χ1n) is 11.9. The van der Waals surface area contributed by atoms with Gasteiger partial charge in [-0.05, 0) is 38.1 Å². The lowest BCUT2D eigenvalue weighted by Crippen LogP contribution is -2.20. The van der Waals surface area contributed by atoms with Gasteiger partial charge in [-0.3, -0.25) is 5.41 Å². The van der Waals surface area contributed by atoms with E-state index in [1.54, 1.807) is 18.9 Å². The summed E-state index contributed by atoms with van der Waals surface area (Å²) in [5.41, 5.74) is 2.27. The normalized spacial score (nSPS) is 11.6. The second-order valence-electron chi connectivity index (χ2n) is 9.75. The second-order valence-corrected chi connectivity index (χ2v) is 10.8. The number of aromatic nitrogens is 4. The van der Waals surface area contributed by atoms with Crippen molar-refractivity contribution < 1.29 is 14.2 Å². The van der Waals surface area contributed by atoms with E-state index in [0.29, 0.717) is 17.4 Å². The van der Waals surface area contributed by atoms with E-state index in [4.69, 9.17) is 19.6 Å². The number of nitrogens with one attached hydrogen (secondary N) is 2. The lowest BCUT2D eigenvalue weighted by atomic mass is 9.93. The molecule has 9 nitrogen and oxygen atoms in total. The van der Waals surface area contributed by atoms with Gasteiger partial charge in [0.25, 0.3) is 6.02 Å². The standard InChI is InChI=1S/C27H32N6O3S/c1-16(2)33-24(14-23(32-33)27(3,4)5)36-26(28)31-17-9-8-10-18(11-17)37-25-19-12-21(34-6)22(35-7)13-20(19)29-15-30-25/h8-16H,1-7H3,(H2,28,31). The topological polar surface area (TPSA) is 107 Å². The van der Waals surface area contributed by atoms with Gasteiger partial charge >= 0.3 is 0 Å². The summed E-state index contributed by atoms with van der Waals surface area (Å²) in [6.45, 7) is 10.4. The van der Waals surface area contributed by atoms with Gasteiger partial charge in [-0.2, -0.15) is 5.10 Å². The molecule has 2 N–H and O–H groups in total. The molecule has 2 heterocycles. The highest BCUT2D eigenvalue weighted by Gasteiger charge is 2.22. The first kappa shape index (κ1) is 26.3. The van der Waals surface area contributed by atoms with Gasteiger partial charge in [0.2, 0.25) is 5.88 Å².